The standard InChI is InChI=1S/C17H25Cl2N3O/c1-2-8-22(11-13-4-3-7-20-10-13)12-17(23)21-16-9-14(18)5-6-15(16)19/h5-6,9,13,20H,2-4,7-8,10-12H2,1H3,(H,21,23). The molecule has 4 nitrogen and oxygen atoms in total. The minimum absolute atomic E-state index is 0.0496. The number of carbonyl (C=O) groups excluding carboxylic acids is 1. The molecule has 1 fully saturated rings. The van der Waals surface area contributed by atoms with Crippen molar-refractivity contribution in [2.45, 2.75) is 26.2 Å². The molecule has 1 aliphatic heterocycles. The van der Waals surface area contributed by atoms with E-state index in [1.807, 2.05) is 0 Å². The minimum atomic E-state index is -0.0496. The highest BCUT2D eigenvalue weighted by Gasteiger charge is 2.18. The lowest BCUT2D eigenvalue weighted by Gasteiger charge is -2.29. The van der Waals surface area contributed by atoms with Crippen molar-refractivity contribution in [3.05, 3.63) is 28.2 Å². The lowest BCUT2D eigenvalue weighted by Crippen LogP contribution is -2.41. The van der Waals surface area contributed by atoms with Crippen LogP contribution in [-0.4, -0.2) is 43.5 Å². The Balaban J connectivity index is 1.90. The fourth-order valence-electron chi connectivity index (χ4n) is 2.98. The van der Waals surface area contributed by atoms with Gasteiger partial charge in [0.05, 0.1) is 17.3 Å². The van der Waals surface area contributed by atoms with E-state index in [-0.39, 0.29) is 5.91 Å². The SMILES string of the molecule is CCCN(CC(=O)Nc1cc(Cl)ccc1Cl)CC1CCCNC1. The number of piperidine rings is 1. The highest BCUT2D eigenvalue weighted by atomic mass is 35.5. The minimum Gasteiger partial charge on any atom is -0.324 e. The van der Waals surface area contributed by atoms with Gasteiger partial charge in [0.2, 0.25) is 5.91 Å². The van der Waals surface area contributed by atoms with E-state index >= 15 is 0 Å². The van der Waals surface area contributed by atoms with Crippen LogP contribution in [0.15, 0.2) is 18.2 Å². The number of carbonyl (C=O) groups is 1. The first-order chi connectivity index (χ1) is 11.1. The Bertz CT molecular complexity index is 519. The predicted octanol–water partition coefficient (Wildman–Crippen LogP) is 3.64. The van der Waals surface area contributed by atoms with E-state index in [0.717, 1.165) is 32.6 Å². The summed E-state index contributed by atoms with van der Waals surface area (Å²) in [6.45, 7) is 6.55. The van der Waals surface area contributed by atoms with Gasteiger partial charge in [-0.2, -0.15) is 0 Å². The van der Waals surface area contributed by atoms with Crippen LogP contribution in [0.2, 0.25) is 10.0 Å². The second-order valence-electron chi connectivity index (χ2n) is 6.12. The maximum atomic E-state index is 12.3. The van der Waals surface area contributed by atoms with E-state index in [4.69, 9.17) is 23.2 Å². The van der Waals surface area contributed by atoms with Crippen molar-refractivity contribution in [1.29, 1.82) is 0 Å². The highest BCUT2D eigenvalue weighted by Crippen LogP contribution is 2.25. The molecule has 1 amide bonds. The summed E-state index contributed by atoms with van der Waals surface area (Å²) in [6.07, 6.45) is 3.48. The number of nitrogens with zero attached hydrogens (tertiary/aromatic N) is 1. The van der Waals surface area contributed by atoms with Crippen LogP contribution in [-0.2, 0) is 4.79 Å². The van der Waals surface area contributed by atoms with Crippen molar-refractivity contribution in [1.82, 2.24) is 10.2 Å². The summed E-state index contributed by atoms with van der Waals surface area (Å²) in [7, 11) is 0. The fourth-order valence-corrected chi connectivity index (χ4v) is 3.32. The summed E-state index contributed by atoms with van der Waals surface area (Å²) in [5, 5.41) is 7.35. The average molecular weight is 358 g/mol. The summed E-state index contributed by atoms with van der Waals surface area (Å²) >= 11 is 12.1. The molecule has 1 aromatic rings. The summed E-state index contributed by atoms with van der Waals surface area (Å²) in [5.41, 5.74) is 0.569. The summed E-state index contributed by atoms with van der Waals surface area (Å²) in [4.78, 5) is 14.6. The molecule has 0 saturated carbocycles. The van der Waals surface area contributed by atoms with E-state index in [9.17, 15) is 4.79 Å². The smallest absolute Gasteiger partial charge is 0.238 e. The number of amides is 1. The van der Waals surface area contributed by atoms with E-state index in [2.05, 4.69) is 22.5 Å². The lowest BCUT2D eigenvalue weighted by atomic mass is 9.99. The van der Waals surface area contributed by atoms with Crippen LogP contribution in [0, 0.1) is 5.92 Å². The molecule has 2 N–H and O–H groups in total. The van der Waals surface area contributed by atoms with Crippen LogP contribution < -0.4 is 10.6 Å². The number of hydrogen-bond acceptors (Lipinski definition) is 3. The molecule has 0 aromatic heterocycles. The number of benzene rings is 1. The van der Waals surface area contributed by atoms with E-state index in [1.54, 1.807) is 18.2 Å². The third kappa shape index (κ3) is 6.30. The molecule has 128 valence electrons. The van der Waals surface area contributed by atoms with Gasteiger partial charge in [-0.15, -0.1) is 0 Å². The molecule has 0 radical (unpaired) electrons. The number of halogens is 2. The fraction of sp³-hybridized carbons (Fsp3) is 0.588. The summed E-state index contributed by atoms with van der Waals surface area (Å²) < 4.78 is 0. The van der Waals surface area contributed by atoms with Gasteiger partial charge < -0.3 is 10.6 Å². The Morgan fingerprint density at radius 1 is 1.43 bits per heavy atom. The van der Waals surface area contributed by atoms with Gasteiger partial charge in [0, 0.05) is 11.6 Å². The first-order valence-corrected chi connectivity index (χ1v) is 9.02. The van der Waals surface area contributed by atoms with Gasteiger partial charge in [0.1, 0.15) is 0 Å². The second-order valence-corrected chi connectivity index (χ2v) is 6.96. The number of rotatable bonds is 7. The van der Waals surface area contributed by atoms with Crippen LogP contribution in [0.4, 0.5) is 5.69 Å². The molecule has 1 saturated heterocycles. The largest absolute Gasteiger partial charge is 0.324 e. The van der Waals surface area contributed by atoms with Crippen molar-refractivity contribution in [2.24, 2.45) is 5.92 Å². The zero-order chi connectivity index (χ0) is 16.7. The zero-order valence-corrected chi connectivity index (χ0v) is 15.1. The Hall–Kier alpha value is -0.810. The molecule has 6 heteroatoms. The molecule has 0 spiro atoms. The molecule has 0 bridgehead atoms. The van der Waals surface area contributed by atoms with Crippen molar-refractivity contribution in [3.8, 4) is 0 Å². The first-order valence-electron chi connectivity index (χ1n) is 8.26. The van der Waals surface area contributed by atoms with Crippen molar-refractivity contribution >= 4 is 34.8 Å². The van der Waals surface area contributed by atoms with Crippen molar-refractivity contribution in [3.63, 3.8) is 0 Å². The molecule has 0 aliphatic carbocycles. The Labute approximate surface area is 148 Å². The van der Waals surface area contributed by atoms with E-state index in [0.29, 0.717) is 28.2 Å². The summed E-state index contributed by atoms with van der Waals surface area (Å²) in [6, 6.07) is 5.08. The van der Waals surface area contributed by atoms with E-state index in [1.165, 1.54) is 12.8 Å². The van der Waals surface area contributed by atoms with Crippen LogP contribution in [0.25, 0.3) is 0 Å². The van der Waals surface area contributed by atoms with Crippen molar-refractivity contribution in [2.75, 3.05) is 38.0 Å². The normalized spacial score (nSPS) is 18.2. The molecule has 1 unspecified atom stereocenters. The Morgan fingerprint density at radius 2 is 2.26 bits per heavy atom. The van der Waals surface area contributed by atoms with Gasteiger partial charge in [0.15, 0.2) is 0 Å². The van der Waals surface area contributed by atoms with Crippen LogP contribution in [0.3, 0.4) is 0 Å². The summed E-state index contributed by atoms with van der Waals surface area (Å²) in [5.74, 6) is 0.573. The van der Waals surface area contributed by atoms with Crippen LogP contribution in [0.5, 0.6) is 0 Å². The third-order valence-corrected chi connectivity index (χ3v) is 4.59. The molecular weight excluding hydrogens is 333 g/mol. The van der Waals surface area contributed by atoms with Gasteiger partial charge in [-0.05, 0) is 63.0 Å². The molecule has 1 aliphatic rings. The second kappa shape index (κ2) is 9.48. The van der Waals surface area contributed by atoms with Crippen molar-refractivity contribution < 1.29 is 4.79 Å². The quantitative estimate of drug-likeness (QED) is 0.782. The Morgan fingerprint density at radius 3 is 2.96 bits per heavy atom. The highest BCUT2D eigenvalue weighted by molar-refractivity contribution is 6.35. The molecule has 1 heterocycles. The van der Waals surface area contributed by atoms with E-state index < -0.39 is 0 Å². The number of hydrogen-bond donors (Lipinski definition) is 2. The average Bonchev–Trinajstić information content (AvgIpc) is 2.52. The first kappa shape index (κ1) is 18.5. The maximum Gasteiger partial charge on any atom is 0.238 e. The monoisotopic (exact) mass is 357 g/mol. The molecule has 23 heavy (non-hydrogen) atoms. The molecule has 1 atom stereocenters. The molecule has 1 aromatic carbocycles. The van der Waals surface area contributed by atoms with Crippen LogP contribution >= 0.6 is 23.2 Å². The molecule has 2 rings (SSSR count). The van der Waals surface area contributed by atoms with Gasteiger partial charge in [-0.25, -0.2) is 0 Å². The maximum absolute atomic E-state index is 12.3. The van der Waals surface area contributed by atoms with Crippen LogP contribution in [0.1, 0.15) is 26.2 Å². The van der Waals surface area contributed by atoms with Gasteiger partial charge >= 0.3 is 0 Å². The predicted molar refractivity (Wildman–Crippen MR) is 97.4 cm³/mol. The lowest BCUT2D eigenvalue weighted by molar-refractivity contribution is -0.117. The Kier molecular flexibility index (Phi) is 7.63. The topological polar surface area (TPSA) is 44.4 Å². The van der Waals surface area contributed by atoms with Gasteiger partial charge in [-0.1, -0.05) is 30.1 Å². The van der Waals surface area contributed by atoms with Gasteiger partial charge in [0.25, 0.3) is 0 Å². The number of anilines is 1. The van der Waals surface area contributed by atoms with Gasteiger partial charge in [-0.3, -0.25) is 9.69 Å². The number of nitrogens with one attached hydrogen (secondary N) is 2. The molecular formula is C17H25Cl2N3O. The zero-order valence-electron chi connectivity index (χ0n) is 13.6. The third-order valence-electron chi connectivity index (χ3n) is 4.02.